The molecule has 0 aliphatic heterocycles. The summed E-state index contributed by atoms with van der Waals surface area (Å²) >= 11 is 5.87. The normalized spacial score (nSPS) is 12.5. The van der Waals surface area contributed by atoms with Crippen molar-refractivity contribution in [3.05, 3.63) is 17.2 Å². The van der Waals surface area contributed by atoms with Crippen LogP contribution in [0.1, 0.15) is 25.5 Å². The Bertz CT molecular complexity index is 309. The summed E-state index contributed by atoms with van der Waals surface area (Å²) in [5, 5.41) is 0.516. The van der Waals surface area contributed by atoms with Crippen molar-refractivity contribution in [2.45, 2.75) is 26.3 Å². The van der Waals surface area contributed by atoms with Gasteiger partial charge in [0.15, 0.2) is 5.15 Å². The van der Waals surface area contributed by atoms with Crippen LogP contribution in [0.5, 0.6) is 0 Å². The fourth-order valence-electron chi connectivity index (χ4n) is 1.13. The van der Waals surface area contributed by atoms with Crippen LogP contribution in [0.15, 0.2) is 6.33 Å². The van der Waals surface area contributed by atoms with E-state index in [0.29, 0.717) is 5.15 Å². The first-order chi connectivity index (χ1) is 5.70. The topological polar surface area (TPSA) is 17.8 Å². The Kier molecular flexibility index (Phi) is 2.78. The molecule has 0 spiro atoms. The van der Waals surface area contributed by atoms with Crippen LogP contribution in [0.3, 0.4) is 0 Å². The van der Waals surface area contributed by atoms with E-state index in [9.17, 15) is 0 Å². The first kappa shape index (κ1) is 9.15. The van der Waals surface area contributed by atoms with Crippen LogP contribution in [0.2, 0.25) is 5.15 Å². The van der Waals surface area contributed by atoms with Crippen LogP contribution in [0, 0.1) is 12.3 Å². The molecule has 1 atom stereocenters. The molecule has 3 heteroatoms. The summed E-state index contributed by atoms with van der Waals surface area (Å²) < 4.78 is 1.97. The Morgan fingerprint density at radius 3 is 3.00 bits per heavy atom. The average Bonchev–Trinajstić information content (AvgIpc) is 2.45. The molecule has 0 saturated heterocycles. The Morgan fingerprint density at radius 2 is 2.50 bits per heavy atom. The Balaban J connectivity index is 3.12. The van der Waals surface area contributed by atoms with Gasteiger partial charge in [0.25, 0.3) is 0 Å². The van der Waals surface area contributed by atoms with Crippen molar-refractivity contribution in [3.63, 3.8) is 0 Å². The van der Waals surface area contributed by atoms with Gasteiger partial charge in [0, 0.05) is 6.54 Å². The number of hydrogen-bond donors (Lipinski definition) is 0. The summed E-state index contributed by atoms with van der Waals surface area (Å²) in [5.74, 6) is 2.67. The Labute approximate surface area is 77.6 Å². The molecule has 0 saturated carbocycles. The maximum absolute atomic E-state index is 5.87. The lowest BCUT2D eigenvalue weighted by Crippen LogP contribution is -2.02. The van der Waals surface area contributed by atoms with Gasteiger partial charge < -0.3 is 4.57 Å². The van der Waals surface area contributed by atoms with E-state index in [1.165, 1.54) is 0 Å². The van der Waals surface area contributed by atoms with Crippen LogP contribution in [-0.2, 0) is 6.54 Å². The quantitative estimate of drug-likeness (QED) is 0.642. The van der Waals surface area contributed by atoms with Gasteiger partial charge in [-0.15, -0.1) is 6.42 Å². The number of rotatable bonds is 2. The van der Waals surface area contributed by atoms with Crippen LogP contribution >= 0.6 is 11.6 Å². The molecule has 1 heterocycles. The summed E-state index contributed by atoms with van der Waals surface area (Å²) in [7, 11) is 0. The molecule has 0 N–H and O–H groups in total. The van der Waals surface area contributed by atoms with E-state index in [0.717, 1.165) is 12.2 Å². The lowest BCUT2D eigenvalue weighted by molar-refractivity contribution is 0.700. The SMILES string of the molecule is C#CC(C)c1c(Cl)ncn1CC. The van der Waals surface area contributed by atoms with E-state index >= 15 is 0 Å². The molecule has 0 aliphatic rings. The maximum atomic E-state index is 5.87. The number of nitrogens with zero attached hydrogens (tertiary/aromatic N) is 2. The molecule has 0 aromatic carbocycles. The second-order valence-electron chi connectivity index (χ2n) is 2.59. The molecule has 2 nitrogen and oxygen atoms in total. The van der Waals surface area contributed by atoms with E-state index in [2.05, 4.69) is 10.9 Å². The van der Waals surface area contributed by atoms with E-state index in [1.807, 2.05) is 18.4 Å². The third kappa shape index (κ3) is 1.46. The fraction of sp³-hybridized carbons (Fsp3) is 0.444. The lowest BCUT2D eigenvalue weighted by atomic mass is 10.1. The van der Waals surface area contributed by atoms with Crippen molar-refractivity contribution >= 4 is 11.6 Å². The zero-order valence-electron chi connectivity index (χ0n) is 7.21. The van der Waals surface area contributed by atoms with E-state index < -0.39 is 0 Å². The highest BCUT2D eigenvalue weighted by Gasteiger charge is 2.12. The van der Waals surface area contributed by atoms with Gasteiger partial charge in [0.05, 0.1) is 17.9 Å². The molecular weight excluding hydrogens is 172 g/mol. The summed E-state index contributed by atoms with van der Waals surface area (Å²) in [6.45, 7) is 4.82. The molecule has 0 radical (unpaired) electrons. The minimum Gasteiger partial charge on any atom is -0.332 e. The van der Waals surface area contributed by atoms with Crippen molar-refractivity contribution < 1.29 is 0 Å². The highest BCUT2D eigenvalue weighted by atomic mass is 35.5. The van der Waals surface area contributed by atoms with Crippen LogP contribution in [0.25, 0.3) is 0 Å². The molecule has 1 rings (SSSR count). The lowest BCUT2D eigenvalue weighted by Gasteiger charge is -2.07. The molecule has 64 valence electrons. The third-order valence-electron chi connectivity index (χ3n) is 1.83. The van der Waals surface area contributed by atoms with Gasteiger partial charge >= 0.3 is 0 Å². The molecule has 1 unspecified atom stereocenters. The Morgan fingerprint density at radius 1 is 1.83 bits per heavy atom. The van der Waals surface area contributed by atoms with Crippen molar-refractivity contribution in [3.8, 4) is 12.3 Å². The van der Waals surface area contributed by atoms with Crippen LogP contribution in [-0.4, -0.2) is 9.55 Å². The standard InChI is InChI=1S/C9H11ClN2/c1-4-7(3)8-9(10)11-6-12(8)5-2/h1,6-7H,5H2,2-3H3. The predicted octanol–water partition coefficient (Wildman–Crippen LogP) is 2.29. The average molecular weight is 183 g/mol. The van der Waals surface area contributed by atoms with E-state index in [4.69, 9.17) is 18.0 Å². The summed E-state index contributed by atoms with van der Waals surface area (Å²) in [4.78, 5) is 3.99. The van der Waals surface area contributed by atoms with Gasteiger partial charge in [-0.3, -0.25) is 0 Å². The van der Waals surface area contributed by atoms with Crippen molar-refractivity contribution in [2.24, 2.45) is 0 Å². The zero-order chi connectivity index (χ0) is 9.14. The van der Waals surface area contributed by atoms with Crippen molar-refractivity contribution in [2.75, 3.05) is 0 Å². The number of aryl methyl sites for hydroxylation is 1. The first-order valence-electron chi connectivity index (χ1n) is 3.87. The minimum atomic E-state index is 0.0277. The Hall–Kier alpha value is -0.940. The highest BCUT2D eigenvalue weighted by Crippen LogP contribution is 2.22. The summed E-state index contributed by atoms with van der Waals surface area (Å²) in [5.41, 5.74) is 0.932. The largest absolute Gasteiger partial charge is 0.332 e. The van der Waals surface area contributed by atoms with Gasteiger partial charge in [-0.05, 0) is 13.8 Å². The number of aromatic nitrogens is 2. The molecule has 1 aromatic heterocycles. The number of halogens is 1. The van der Waals surface area contributed by atoms with Crippen molar-refractivity contribution in [1.82, 2.24) is 9.55 Å². The number of terminal acetylenes is 1. The van der Waals surface area contributed by atoms with Gasteiger partial charge in [0.1, 0.15) is 0 Å². The first-order valence-corrected chi connectivity index (χ1v) is 4.25. The van der Waals surface area contributed by atoms with Gasteiger partial charge in [-0.2, -0.15) is 0 Å². The van der Waals surface area contributed by atoms with Gasteiger partial charge in [-0.25, -0.2) is 4.98 Å². The van der Waals surface area contributed by atoms with E-state index in [-0.39, 0.29) is 5.92 Å². The van der Waals surface area contributed by atoms with Crippen LogP contribution in [0.4, 0.5) is 0 Å². The molecular formula is C9H11ClN2. The second kappa shape index (κ2) is 3.64. The van der Waals surface area contributed by atoms with Gasteiger partial charge in [0.2, 0.25) is 0 Å². The molecule has 0 fully saturated rings. The third-order valence-corrected chi connectivity index (χ3v) is 2.12. The number of imidazole rings is 1. The smallest absolute Gasteiger partial charge is 0.151 e. The maximum Gasteiger partial charge on any atom is 0.151 e. The molecule has 1 aromatic rings. The molecule has 12 heavy (non-hydrogen) atoms. The molecule has 0 aliphatic carbocycles. The molecule has 0 amide bonds. The monoisotopic (exact) mass is 182 g/mol. The predicted molar refractivity (Wildman–Crippen MR) is 50.2 cm³/mol. The molecule has 0 bridgehead atoms. The minimum absolute atomic E-state index is 0.0277. The second-order valence-corrected chi connectivity index (χ2v) is 2.95. The zero-order valence-corrected chi connectivity index (χ0v) is 7.97. The highest BCUT2D eigenvalue weighted by molar-refractivity contribution is 6.30. The van der Waals surface area contributed by atoms with Crippen LogP contribution < -0.4 is 0 Å². The number of hydrogen-bond acceptors (Lipinski definition) is 1. The van der Waals surface area contributed by atoms with Crippen molar-refractivity contribution in [1.29, 1.82) is 0 Å². The van der Waals surface area contributed by atoms with Gasteiger partial charge in [-0.1, -0.05) is 17.5 Å². The van der Waals surface area contributed by atoms with E-state index in [1.54, 1.807) is 6.33 Å². The summed E-state index contributed by atoms with van der Waals surface area (Å²) in [6, 6.07) is 0. The fourth-order valence-corrected chi connectivity index (χ4v) is 1.44. The summed E-state index contributed by atoms with van der Waals surface area (Å²) in [6.07, 6.45) is 7.02.